The van der Waals surface area contributed by atoms with Crippen molar-refractivity contribution >= 4 is 11.6 Å². The molecule has 1 fully saturated rings. The molecule has 0 spiro atoms. The maximum absolute atomic E-state index is 10.0. The summed E-state index contributed by atoms with van der Waals surface area (Å²) in [5.41, 5.74) is 0.933. The summed E-state index contributed by atoms with van der Waals surface area (Å²) in [6, 6.07) is 6.62. The molecule has 1 unspecified atom stereocenters. The molecule has 2 nitrogen and oxygen atoms in total. The lowest BCUT2D eigenvalue weighted by molar-refractivity contribution is 0.0613. The Morgan fingerprint density at radius 2 is 1.89 bits per heavy atom. The Morgan fingerprint density at radius 3 is 2.50 bits per heavy atom. The van der Waals surface area contributed by atoms with E-state index in [2.05, 4.69) is 25.7 Å². The normalized spacial score (nSPS) is 27.1. The van der Waals surface area contributed by atoms with Crippen LogP contribution in [0.5, 0.6) is 5.75 Å². The van der Waals surface area contributed by atoms with Gasteiger partial charge in [-0.2, -0.15) is 0 Å². The molecule has 1 aromatic rings. The van der Waals surface area contributed by atoms with E-state index >= 15 is 0 Å². The third-order valence-corrected chi connectivity index (χ3v) is 4.38. The summed E-state index contributed by atoms with van der Waals surface area (Å²) in [6.45, 7) is 6.70. The van der Waals surface area contributed by atoms with Crippen molar-refractivity contribution in [3.8, 4) is 5.75 Å². The van der Waals surface area contributed by atoms with Crippen LogP contribution in [0, 0.1) is 0 Å². The Bertz CT molecular complexity index is 411. The zero-order valence-electron chi connectivity index (χ0n) is 11.4. The lowest BCUT2D eigenvalue weighted by atomic mass is 9.93. The van der Waals surface area contributed by atoms with E-state index in [0.29, 0.717) is 22.9 Å². The minimum absolute atomic E-state index is 0.203. The number of piperidine rings is 1. The van der Waals surface area contributed by atoms with E-state index < -0.39 is 0 Å². The van der Waals surface area contributed by atoms with Crippen LogP contribution >= 0.6 is 11.6 Å². The zero-order valence-corrected chi connectivity index (χ0v) is 12.1. The Labute approximate surface area is 115 Å². The van der Waals surface area contributed by atoms with Gasteiger partial charge in [0.2, 0.25) is 0 Å². The summed E-state index contributed by atoms with van der Waals surface area (Å²) in [5, 5.41) is 10.7. The Kier molecular flexibility index (Phi) is 4.18. The first-order chi connectivity index (χ1) is 8.50. The average molecular weight is 268 g/mol. The maximum Gasteiger partial charge on any atom is 0.120 e. The van der Waals surface area contributed by atoms with Gasteiger partial charge in [0, 0.05) is 28.7 Å². The van der Waals surface area contributed by atoms with Gasteiger partial charge in [-0.15, -0.1) is 0 Å². The summed E-state index contributed by atoms with van der Waals surface area (Å²) in [6.07, 6.45) is 3.76. The fraction of sp³-hybridized carbons (Fsp3) is 0.600. The van der Waals surface area contributed by atoms with Crippen LogP contribution in [0.4, 0.5) is 0 Å². The van der Waals surface area contributed by atoms with Crippen molar-refractivity contribution in [2.24, 2.45) is 0 Å². The second-order valence-electron chi connectivity index (χ2n) is 5.46. The molecule has 1 N–H and O–H groups in total. The van der Waals surface area contributed by atoms with Gasteiger partial charge < -0.3 is 5.11 Å². The maximum atomic E-state index is 10.0. The fourth-order valence-corrected chi connectivity index (χ4v) is 3.41. The highest BCUT2D eigenvalue weighted by molar-refractivity contribution is 6.30. The highest BCUT2D eigenvalue weighted by Crippen LogP contribution is 2.36. The highest BCUT2D eigenvalue weighted by atomic mass is 35.5. The molecule has 0 aromatic heterocycles. The predicted molar refractivity (Wildman–Crippen MR) is 76.1 cm³/mol. The van der Waals surface area contributed by atoms with Gasteiger partial charge in [-0.25, -0.2) is 0 Å². The SMILES string of the molecule is CC(c1cc(Cl)ccc1O)N1[C@H](C)CCC[C@@H]1C. The number of hydrogen-bond acceptors (Lipinski definition) is 2. The molecule has 1 aliphatic rings. The molecule has 0 aliphatic carbocycles. The van der Waals surface area contributed by atoms with E-state index in [1.165, 1.54) is 19.3 Å². The van der Waals surface area contributed by atoms with Crippen molar-refractivity contribution in [1.82, 2.24) is 4.90 Å². The molecule has 1 aromatic carbocycles. The van der Waals surface area contributed by atoms with Gasteiger partial charge in [-0.1, -0.05) is 18.0 Å². The minimum Gasteiger partial charge on any atom is -0.508 e. The smallest absolute Gasteiger partial charge is 0.120 e. The van der Waals surface area contributed by atoms with Crippen LogP contribution in [0.1, 0.15) is 51.6 Å². The van der Waals surface area contributed by atoms with E-state index in [1.807, 2.05) is 6.07 Å². The zero-order chi connectivity index (χ0) is 13.3. The van der Waals surface area contributed by atoms with Gasteiger partial charge in [-0.05, 0) is 51.8 Å². The first-order valence-corrected chi connectivity index (χ1v) is 7.14. The van der Waals surface area contributed by atoms with E-state index in [9.17, 15) is 5.11 Å². The van der Waals surface area contributed by atoms with Crippen LogP contribution in [-0.4, -0.2) is 22.1 Å². The molecule has 0 saturated carbocycles. The first kappa shape index (κ1) is 13.7. The molecular weight excluding hydrogens is 246 g/mol. The molecule has 3 atom stereocenters. The molecule has 2 rings (SSSR count). The van der Waals surface area contributed by atoms with Crippen LogP contribution in [0.2, 0.25) is 5.02 Å². The van der Waals surface area contributed by atoms with Crippen molar-refractivity contribution in [2.75, 3.05) is 0 Å². The van der Waals surface area contributed by atoms with Crippen LogP contribution < -0.4 is 0 Å². The van der Waals surface area contributed by atoms with E-state index in [1.54, 1.807) is 12.1 Å². The lowest BCUT2D eigenvalue weighted by Gasteiger charge is -2.43. The van der Waals surface area contributed by atoms with Crippen LogP contribution in [0.25, 0.3) is 0 Å². The van der Waals surface area contributed by atoms with Gasteiger partial charge >= 0.3 is 0 Å². The molecule has 0 amide bonds. The number of rotatable bonds is 2. The molecule has 0 bridgehead atoms. The van der Waals surface area contributed by atoms with E-state index in [4.69, 9.17) is 11.6 Å². The number of aromatic hydroxyl groups is 1. The largest absolute Gasteiger partial charge is 0.508 e. The van der Waals surface area contributed by atoms with Crippen molar-refractivity contribution in [3.05, 3.63) is 28.8 Å². The number of phenols is 1. The van der Waals surface area contributed by atoms with E-state index in [0.717, 1.165) is 5.56 Å². The Hall–Kier alpha value is -0.730. The Balaban J connectivity index is 2.28. The number of nitrogens with zero attached hydrogens (tertiary/aromatic N) is 1. The molecular formula is C15H22ClNO. The molecule has 1 saturated heterocycles. The topological polar surface area (TPSA) is 23.5 Å². The summed E-state index contributed by atoms with van der Waals surface area (Å²) in [7, 11) is 0. The molecule has 0 radical (unpaired) electrons. The monoisotopic (exact) mass is 267 g/mol. The predicted octanol–water partition coefficient (Wildman–Crippen LogP) is 4.37. The van der Waals surface area contributed by atoms with Gasteiger partial charge in [0.05, 0.1) is 0 Å². The van der Waals surface area contributed by atoms with Crippen molar-refractivity contribution in [2.45, 2.75) is 58.2 Å². The number of likely N-dealkylation sites (tertiary alicyclic amines) is 1. The molecule has 100 valence electrons. The summed E-state index contributed by atoms with van der Waals surface area (Å²) in [4.78, 5) is 2.49. The standard InChI is InChI=1S/C15H22ClNO/c1-10-5-4-6-11(2)17(10)12(3)14-9-13(16)7-8-15(14)18/h7-12,18H,4-6H2,1-3H3/t10-,11+,12?. The van der Waals surface area contributed by atoms with Gasteiger partial charge in [0.1, 0.15) is 5.75 Å². The molecule has 18 heavy (non-hydrogen) atoms. The van der Waals surface area contributed by atoms with Crippen LogP contribution in [0.3, 0.4) is 0 Å². The molecule has 1 heterocycles. The number of phenolic OH excluding ortho intramolecular Hbond substituents is 1. The van der Waals surface area contributed by atoms with Crippen LogP contribution in [0.15, 0.2) is 18.2 Å². The van der Waals surface area contributed by atoms with Crippen molar-refractivity contribution in [1.29, 1.82) is 0 Å². The Morgan fingerprint density at radius 1 is 1.28 bits per heavy atom. The lowest BCUT2D eigenvalue weighted by Crippen LogP contribution is -2.45. The minimum atomic E-state index is 0.203. The highest BCUT2D eigenvalue weighted by Gasteiger charge is 2.30. The quantitative estimate of drug-likeness (QED) is 0.860. The second-order valence-corrected chi connectivity index (χ2v) is 5.89. The van der Waals surface area contributed by atoms with Gasteiger partial charge in [0.25, 0.3) is 0 Å². The number of hydrogen-bond donors (Lipinski definition) is 1. The third kappa shape index (κ3) is 2.65. The summed E-state index contributed by atoms with van der Waals surface area (Å²) in [5.74, 6) is 0.344. The molecule has 3 heteroatoms. The summed E-state index contributed by atoms with van der Waals surface area (Å²) >= 11 is 6.04. The second kappa shape index (κ2) is 5.50. The first-order valence-electron chi connectivity index (χ1n) is 6.76. The number of halogens is 1. The molecule has 1 aliphatic heterocycles. The van der Waals surface area contributed by atoms with Gasteiger partial charge in [0.15, 0.2) is 0 Å². The summed E-state index contributed by atoms with van der Waals surface area (Å²) < 4.78 is 0. The van der Waals surface area contributed by atoms with Gasteiger partial charge in [-0.3, -0.25) is 4.90 Å². The van der Waals surface area contributed by atoms with Crippen molar-refractivity contribution < 1.29 is 5.11 Å². The average Bonchev–Trinajstić information content (AvgIpc) is 2.32. The van der Waals surface area contributed by atoms with E-state index in [-0.39, 0.29) is 6.04 Å². The van der Waals surface area contributed by atoms with Crippen molar-refractivity contribution in [3.63, 3.8) is 0 Å². The van der Waals surface area contributed by atoms with Crippen LogP contribution in [-0.2, 0) is 0 Å². The third-order valence-electron chi connectivity index (χ3n) is 4.15. The fourth-order valence-electron chi connectivity index (χ4n) is 3.23. The number of benzene rings is 1.